The van der Waals surface area contributed by atoms with Crippen molar-refractivity contribution in [2.24, 2.45) is 0 Å². The van der Waals surface area contributed by atoms with Gasteiger partial charge in [0.1, 0.15) is 17.1 Å². The molecule has 0 radical (unpaired) electrons. The SMILES string of the molecule is COc1ccc(CN(CCc2cc3ccc(CC(=O)O)cc3o2)CC(c2ccccc2)c2ccccc2)cc1. The van der Waals surface area contributed by atoms with Gasteiger partial charge in [0.05, 0.1) is 13.5 Å². The van der Waals surface area contributed by atoms with E-state index in [9.17, 15) is 4.79 Å². The third-order valence-corrected chi connectivity index (χ3v) is 7.08. The van der Waals surface area contributed by atoms with E-state index in [1.54, 1.807) is 7.11 Å². The monoisotopic (exact) mass is 519 g/mol. The van der Waals surface area contributed by atoms with Crippen LogP contribution in [0.15, 0.2) is 114 Å². The van der Waals surface area contributed by atoms with Crippen LogP contribution in [0.3, 0.4) is 0 Å². The van der Waals surface area contributed by atoms with Gasteiger partial charge < -0.3 is 14.3 Å². The lowest BCUT2D eigenvalue weighted by Gasteiger charge is -2.28. The van der Waals surface area contributed by atoms with Gasteiger partial charge in [0.25, 0.3) is 0 Å². The third-order valence-electron chi connectivity index (χ3n) is 7.08. The van der Waals surface area contributed by atoms with Crippen molar-refractivity contribution in [1.82, 2.24) is 4.90 Å². The number of fused-ring (bicyclic) bond motifs is 1. The highest BCUT2D eigenvalue weighted by Gasteiger charge is 2.19. The lowest BCUT2D eigenvalue weighted by atomic mass is 9.90. The zero-order valence-electron chi connectivity index (χ0n) is 22.1. The number of benzene rings is 4. The number of hydrogen-bond donors (Lipinski definition) is 1. The molecule has 4 aromatic carbocycles. The number of ether oxygens (including phenoxy) is 1. The van der Waals surface area contributed by atoms with E-state index >= 15 is 0 Å². The van der Waals surface area contributed by atoms with Crippen LogP contribution >= 0.6 is 0 Å². The fraction of sp³-hybridized carbons (Fsp3) is 0.206. The van der Waals surface area contributed by atoms with Crippen LogP contribution in [0.2, 0.25) is 0 Å². The molecule has 1 heterocycles. The van der Waals surface area contributed by atoms with Gasteiger partial charge in [-0.15, -0.1) is 0 Å². The highest BCUT2D eigenvalue weighted by atomic mass is 16.5. The average Bonchev–Trinajstić information content (AvgIpc) is 3.37. The summed E-state index contributed by atoms with van der Waals surface area (Å²) in [6.45, 7) is 2.45. The molecule has 1 aromatic heterocycles. The molecular formula is C34H33NO4. The maximum absolute atomic E-state index is 11.1. The van der Waals surface area contributed by atoms with Crippen LogP contribution in [-0.4, -0.2) is 36.2 Å². The number of nitrogens with zero attached hydrogens (tertiary/aromatic N) is 1. The molecule has 0 saturated heterocycles. The molecule has 5 rings (SSSR count). The maximum atomic E-state index is 11.1. The molecule has 0 aliphatic carbocycles. The number of rotatable bonds is 12. The molecule has 0 amide bonds. The Morgan fingerprint density at radius 2 is 1.49 bits per heavy atom. The van der Waals surface area contributed by atoms with Crippen LogP contribution in [0.4, 0.5) is 0 Å². The topological polar surface area (TPSA) is 62.9 Å². The standard InChI is InChI=1S/C34H33NO4/c1-38-30-16-13-25(14-17-30)23-35(24-32(27-8-4-2-5-9-27)28-10-6-3-7-11-28)19-18-31-22-29-15-12-26(21-34(36)37)20-33(29)39-31/h2-17,20,22,32H,18-19,21,23-24H2,1H3,(H,36,37). The Balaban J connectivity index is 1.39. The molecule has 0 atom stereocenters. The highest BCUT2D eigenvalue weighted by Crippen LogP contribution is 2.27. The first-order valence-electron chi connectivity index (χ1n) is 13.3. The van der Waals surface area contributed by atoms with Crippen LogP contribution in [-0.2, 0) is 24.2 Å². The van der Waals surface area contributed by atoms with Crippen LogP contribution < -0.4 is 4.74 Å². The summed E-state index contributed by atoms with van der Waals surface area (Å²) in [5.74, 6) is 1.12. The first kappa shape index (κ1) is 26.3. The van der Waals surface area contributed by atoms with Gasteiger partial charge in [0.15, 0.2) is 0 Å². The molecule has 39 heavy (non-hydrogen) atoms. The van der Waals surface area contributed by atoms with E-state index < -0.39 is 5.97 Å². The van der Waals surface area contributed by atoms with Gasteiger partial charge in [-0.25, -0.2) is 0 Å². The molecule has 5 aromatic rings. The second-order valence-electron chi connectivity index (χ2n) is 9.86. The van der Waals surface area contributed by atoms with Crippen molar-refractivity contribution in [2.75, 3.05) is 20.2 Å². The van der Waals surface area contributed by atoms with Gasteiger partial charge in [-0.3, -0.25) is 9.69 Å². The molecule has 0 aliphatic heterocycles. The fourth-order valence-corrected chi connectivity index (χ4v) is 5.06. The largest absolute Gasteiger partial charge is 0.497 e. The van der Waals surface area contributed by atoms with Crippen molar-refractivity contribution in [2.45, 2.75) is 25.3 Å². The summed E-state index contributed by atoms with van der Waals surface area (Å²) in [7, 11) is 1.68. The predicted octanol–water partition coefficient (Wildman–Crippen LogP) is 6.95. The summed E-state index contributed by atoms with van der Waals surface area (Å²) >= 11 is 0. The number of carbonyl (C=O) groups is 1. The molecule has 198 valence electrons. The van der Waals surface area contributed by atoms with Gasteiger partial charge in [-0.05, 0) is 46.5 Å². The van der Waals surface area contributed by atoms with Gasteiger partial charge in [0.2, 0.25) is 0 Å². The molecule has 5 heteroatoms. The summed E-state index contributed by atoms with van der Waals surface area (Å²) in [5, 5.41) is 10.1. The molecular weight excluding hydrogens is 486 g/mol. The lowest BCUT2D eigenvalue weighted by Crippen LogP contribution is -2.31. The van der Waals surface area contributed by atoms with Crippen LogP contribution in [0.25, 0.3) is 11.0 Å². The number of methoxy groups -OCH3 is 1. The normalized spacial score (nSPS) is 11.4. The molecule has 0 saturated carbocycles. The van der Waals surface area contributed by atoms with E-state index in [-0.39, 0.29) is 12.3 Å². The number of hydrogen-bond acceptors (Lipinski definition) is 4. The second-order valence-corrected chi connectivity index (χ2v) is 9.86. The predicted molar refractivity (Wildman–Crippen MR) is 154 cm³/mol. The van der Waals surface area contributed by atoms with Crippen LogP contribution in [0, 0.1) is 0 Å². The first-order valence-corrected chi connectivity index (χ1v) is 13.3. The zero-order valence-corrected chi connectivity index (χ0v) is 22.1. The van der Waals surface area contributed by atoms with Crippen LogP contribution in [0.5, 0.6) is 5.75 Å². The van der Waals surface area contributed by atoms with Crippen molar-refractivity contribution < 1.29 is 19.1 Å². The van der Waals surface area contributed by atoms with Crippen molar-refractivity contribution in [3.05, 3.63) is 137 Å². The minimum Gasteiger partial charge on any atom is -0.497 e. The minimum atomic E-state index is -0.846. The van der Waals surface area contributed by atoms with Crippen molar-refractivity contribution in [1.29, 1.82) is 0 Å². The highest BCUT2D eigenvalue weighted by molar-refractivity contribution is 5.80. The van der Waals surface area contributed by atoms with E-state index in [1.165, 1.54) is 16.7 Å². The fourth-order valence-electron chi connectivity index (χ4n) is 5.06. The Hall–Kier alpha value is -4.35. The van der Waals surface area contributed by atoms with E-state index in [0.29, 0.717) is 0 Å². The Labute approximate surface area is 229 Å². The number of carboxylic acid groups (broad SMARTS) is 1. The Morgan fingerprint density at radius 3 is 2.10 bits per heavy atom. The second kappa shape index (κ2) is 12.5. The molecule has 0 bridgehead atoms. The van der Waals surface area contributed by atoms with Crippen molar-refractivity contribution in [3.63, 3.8) is 0 Å². The summed E-state index contributed by atoms with van der Waals surface area (Å²) in [6, 6.07) is 37.3. The molecule has 1 N–H and O–H groups in total. The first-order chi connectivity index (χ1) is 19.1. The lowest BCUT2D eigenvalue weighted by molar-refractivity contribution is -0.136. The zero-order chi connectivity index (χ0) is 27.0. The Morgan fingerprint density at radius 1 is 0.846 bits per heavy atom. The third kappa shape index (κ3) is 6.95. The summed E-state index contributed by atoms with van der Waals surface area (Å²) in [6.07, 6.45) is 0.734. The van der Waals surface area contributed by atoms with E-state index in [1.807, 2.05) is 30.3 Å². The summed E-state index contributed by atoms with van der Waals surface area (Å²) < 4.78 is 11.5. The van der Waals surface area contributed by atoms with E-state index in [2.05, 4.69) is 83.8 Å². The van der Waals surface area contributed by atoms with Gasteiger partial charge >= 0.3 is 5.97 Å². The molecule has 5 nitrogen and oxygen atoms in total. The summed E-state index contributed by atoms with van der Waals surface area (Å²) in [4.78, 5) is 13.6. The Kier molecular flexibility index (Phi) is 8.39. The van der Waals surface area contributed by atoms with Crippen molar-refractivity contribution >= 4 is 16.9 Å². The molecule has 0 unspecified atom stereocenters. The van der Waals surface area contributed by atoms with Crippen molar-refractivity contribution in [3.8, 4) is 5.75 Å². The smallest absolute Gasteiger partial charge is 0.307 e. The minimum absolute atomic E-state index is 0.0119. The van der Waals surface area contributed by atoms with Crippen LogP contribution in [0.1, 0.15) is 33.9 Å². The van der Waals surface area contributed by atoms with E-state index in [4.69, 9.17) is 14.3 Å². The molecule has 0 aliphatic rings. The van der Waals surface area contributed by atoms with Gasteiger partial charge in [-0.1, -0.05) is 84.9 Å². The van der Waals surface area contributed by atoms with Gasteiger partial charge in [0, 0.05) is 37.4 Å². The quantitative estimate of drug-likeness (QED) is 0.193. The number of aliphatic carboxylic acids is 1. The Bertz CT molecular complexity index is 1450. The van der Waals surface area contributed by atoms with E-state index in [0.717, 1.165) is 54.1 Å². The summed E-state index contributed by atoms with van der Waals surface area (Å²) in [5.41, 5.74) is 5.28. The number of carboxylic acids is 1. The maximum Gasteiger partial charge on any atom is 0.307 e. The molecule has 0 spiro atoms. The molecule has 0 fully saturated rings. The number of furan rings is 1. The van der Waals surface area contributed by atoms with Gasteiger partial charge in [-0.2, -0.15) is 0 Å². The average molecular weight is 520 g/mol.